The summed E-state index contributed by atoms with van der Waals surface area (Å²) in [5.41, 5.74) is 1.06. The Balaban J connectivity index is 1.74. The van der Waals surface area contributed by atoms with E-state index in [2.05, 4.69) is 0 Å². The lowest BCUT2D eigenvalue weighted by Crippen LogP contribution is -2.26. The fourth-order valence-corrected chi connectivity index (χ4v) is 2.27. The van der Waals surface area contributed by atoms with Gasteiger partial charge in [-0.1, -0.05) is 24.3 Å². The van der Waals surface area contributed by atoms with Gasteiger partial charge >= 0.3 is 5.97 Å². The Morgan fingerprint density at radius 1 is 1.12 bits per heavy atom. The molecule has 0 saturated heterocycles. The van der Waals surface area contributed by atoms with Crippen LogP contribution in [0, 0.1) is 5.82 Å². The summed E-state index contributed by atoms with van der Waals surface area (Å²) in [7, 11) is 1.69. The zero-order chi connectivity index (χ0) is 18.2. The summed E-state index contributed by atoms with van der Waals surface area (Å²) in [5, 5.41) is 8.87. The van der Waals surface area contributed by atoms with Crippen LogP contribution in [0.5, 0.6) is 5.75 Å². The van der Waals surface area contributed by atoms with Crippen molar-refractivity contribution in [2.24, 2.45) is 0 Å². The van der Waals surface area contributed by atoms with Crippen LogP contribution in [0.2, 0.25) is 0 Å². The zero-order valence-corrected chi connectivity index (χ0v) is 13.9. The minimum absolute atomic E-state index is 0.0561. The highest BCUT2D eigenvalue weighted by Crippen LogP contribution is 2.16. The Labute approximate surface area is 145 Å². The number of carboxylic acid groups (broad SMARTS) is 1. The second-order valence-corrected chi connectivity index (χ2v) is 5.63. The van der Waals surface area contributed by atoms with Gasteiger partial charge in [-0.15, -0.1) is 0 Å². The molecule has 5 nitrogen and oxygen atoms in total. The number of carbonyl (C=O) groups excluding carboxylic acids is 1. The van der Waals surface area contributed by atoms with Gasteiger partial charge in [0, 0.05) is 20.0 Å². The van der Waals surface area contributed by atoms with E-state index in [9.17, 15) is 14.0 Å². The molecule has 1 N–H and O–H groups in total. The number of carboxylic acids is 1. The monoisotopic (exact) mass is 345 g/mol. The Morgan fingerprint density at radius 2 is 1.80 bits per heavy atom. The predicted molar refractivity (Wildman–Crippen MR) is 91.0 cm³/mol. The summed E-state index contributed by atoms with van der Waals surface area (Å²) in [4.78, 5) is 24.5. The first-order valence-corrected chi connectivity index (χ1v) is 7.91. The highest BCUT2D eigenvalue weighted by molar-refractivity contribution is 5.87. The molecule has 0 atom stereocenters. The van der Waals surface area contributed by atoms with E-state index in [1.165, 1.54) is 18.2 Å². The number of ether oxygens (including phenoxy) is 1. The Bertz CT molecular complexity index is 730. The van der Waals surface area contributed by atoms with Crippen LogP contribution in [-0.2, 0) is 11.3 Å². The van der Waals surface area contributed by atoms with Crippen LogP contribution >= 0.6 is 0 Å². The normalized spacial score (nSPS) is 10.3. The molecule has 0 radical (unpaired) electrons. The van der Waals surface area contributed by atoms with Gasteiger partial charge in [-0.3, -0.25) is 4.79 Å². The lowest BCUT2D eigenvalue weighted by Gasteiger charge is -2.17. The maximum atomic E-state index is 13.4. The van der Waals surface area contributed by atoms with E-state index in [0.29, 0.717) is 13.0 Å². The van der Waals surface area contributed by atoms with E-state index in [1.54, 1.807) is 42.3 Å². The Hall–Kier alpha value is -2.89. The molecule has 2 aromatic rings. The number of hydrogen-bond acceptors (Lipinski definition) is 3. The number of benzene rings is 2. The lowest BCUT2D eigenvalue weighted by molar-refractivity contribution is -0.130. The van der Waals surface area contributed by atoms with Crippen molar-refractivity contribution in [3.05, 3.63) is 65.5 Å². The maximum absolute atomic E-state index is 13.4. The Morgan fingerprint density at radius 3 is 2.44 bits per heavy atom. The van der Waals surface area contributed by atoms with E-state index in [1.807, 2.05) is 0 Å². The number of amides is 1. The molecule has 2 aromatic carbocycles. The molecular weight excluding hydrogens is 325 g/mol. The molecule has 0 aromatic heterocycles. The van der Waals surface area contributed by atoms with Gasteiger partial charge in [0.1, 0.15) is 0 Å². The minimum Gasteiger partial charge on any atom is -0.491 e. The number of halogens is 1. The van der Waals surface area contributed by atoms with Crippen molar-refractivity contribution in [2.75, 3.05) is 13.7 Å². The molecule has 0 aliphatic rings. The van der Waals surface area contributed by atoms with Crippen LogP contribution in [0.4, 0.5) is 4.39 Å². The van der Waals surface area contributed by atoms with Crippen LogP contribution in [0.1, 0.15) is 28.8 Å². The van der Waals surface area contributed by atoms with Gasteiger partial charge in [-0.05, 0) is 36.2 Å². The van der Waals surface area contributed by atoms with Gasteiger partial charge in [0.25, 0.3) is 0 Å². The van der Waals surface area contributed by atoms with Crippen molar-refractivity contribution in [2.45, 2.75) is 19.4 Å². The smallest absolute Gasteiger partial charge is 0.335 e. The molecule has 0 heterocycles. The topological polar surface area (TPSA) is 66.8 Å². The van der Waals surface area contributed by atoms with E-state index >= 15 is 0 Å². The highest BCUT2D eigenvalue weighted by atomic mass is 19.1. The maximum Gasteiger partial charge on any atom is 0.335 e. The number of carbonyl (C=O) groups is 2. The van der Waals surface area contributed by atoms with Crippen molar-refractivity contribution in [3.8, 4) is 5.75 Å². The molecule has 132 valence electrons. The number of aromatic carboxylic acids is 1. The standard InChI is InChI=1S/C19H20FNO4/c1-21(13-14-8-10-15(11-9-14)19(23)24)18(22)7-4-12-25-17-6-3-2-5-16(17)20/h2-3,5-6,8-11H,4,7,12-13H2,1H3,(H,23,24). The van der Waals surface area contributed by atoms with Crippen LogP contribution < -0.4 is 4.74 Å². The SMILES string of the molecule is CN(Cc1ccc(C(=O)O)cc1)C(=O)CCCOc1ccccc1F. The molecule has 6 heteroatoms. The average molecular weight is 345 g/mol. The third-order valence-electron chi connectivity index (χ3n) is 3.68. The van der Waals surface area contributed by atoms with Crippen LogP contribution in [0.15, 0.2) is 48.5 Å². The Kier molecular flexibility index (Phi) is 6.51. The van der Waals surface area contributed by atoms with Gasteiger partial charge in [0.2, 0.25) is 5.91 Å². The van der Waals surface area contributed by atoms with E-state index in [0.717, 1.165) is 5.56 Å². The molecule has 0 spiro atoms. The fraction of sp³-hybridized carbons (Fsp3) is 0.263. The minimum atomic E-state index is -0.981. The van der Waals surface area contributed by atoms with Crippen molar-refractivity contribution in [3.63, 3.8) is 0 Å². The van der Waals surface area contributed by atoms with E-state index < -0.39 is 11.8 Å². The lowest BCUT2D eigenvalue weighted by atomic mass is 10.1. The van der Waals surface area contributed by atoms with Crippen LogP contribution in [0.3, 0.4) is 0 Å². The summed E-state index contributed by atoms with van der Waals surface area (Å²) >= 11 is 0. The second-order valence-electron chi connectivity index (χ2n) is 5.63. The van der Waals surface area contributed by atoms with Gasteiger partial charge in [-0.2, -0.15) is 0 Å². The summed E-state index contributed by atoms with van der Waals surface area (Å²) < 4.78 is 18.7. The molecule has 1 amide bonds. The first-order valence-electron chi connectivity index (χ1n) is 7.91. The number of nitrogens with zero attached hydrogens (tertiary/aromatic N) is 1. The molecule has 0 aliphatic heterocycles. The number of rotatable bonds is 8. The molecule has 0 unspecified atom stereocenters. The number of para-hydroxylation sites is 1. The van der Waals surface area contributed by atoms with E-state index in [-0.39, 0.29) is 30.2 Å². The first-order chi connectivity index (χ1) is 12.0. The molecule has 0 bridgehead atoms. The summed E-state index contributed by atoms with van der Waals surface area (Å²) in [6.07, 6.45) is 0.771. The predicted octanol–water partition coefficient (Wildman–Crippen LogP) is 3.34. The van der Waals surface area contributed by atoms with Gasteiger partial charge < -0.3 is 14.7 Å². The molecule has 25 heavy (non-hydrogen) atoms. The summed E-state index contributed by atoms with van der Waals surface area (Å²) in [6, 6.07) is 12.5. The average Bonchev–Trinajstić information content (AvgIpc) is 2.60. The van der Waals surface area contributed by atoms with Crippen LogP contribution in [-0.4, -0.2) is 35.5 Å². The second kappa shape index (κ2) is 8.82. The quantitative estimate of drug-likeness (QED) is 0.745. The third kappa shape index (κ3) is 5.60. The molecule has 0 aliphatic carbocycles. The fourth-order valence-electron chi connectivity index (χ4n) is 2.27. The molecular formula is C19H20FNO4. The van der Waals surface area contributed by atoms with Crippen molar-refractivity contribution >= 4 is 11.9 Å². The first kappa shape index (κ1) is 18.4. The molecule has 0 fully saturated rings. The van der Waals surface area contributed by atoms with Gasteiger partial charge in [0.15, 0.2) is 11.6 Å². The molecule has 2 rings (SSSR count). The third-order valence-corrected chi connectivity index (χ3v) is 3.68. The molecule has 0 saturated carbocycles. The van der Waals surface area contributed by atoms with Gasteiger partial charge in [0.05, 0.1) is 12.2 Å². The van der Waals surface area contributed by atoms with Crippen molar-refractivity contribution in [1.29, 1.82) is 0 Å². The summed E-state index contributed by atoms with van der Waals surface area (Å²) in [5.74, 6) is -1.28. The zero-order valence-electron chi connectivity index (χ0n) is 13.9. The van der Waals surface area contributed by atoms with Crippen molar-refractivity contribution < 1.29 is 23.8 Å². The number of hydrogen-bond donors (Lipinski definition) is 1. The largest absolute Gasteiger partial charge is 0.491 e. The van der Waals surface area contributed by atoms with Crippen LogP contribution in [0.25, 0.3) is 0 Å². The van der Waals surface area contributed by atoms with Gasteiger partial charge in [-0.25, -0.2) is 9.18 Å². The highest BCUT2D eigenvalue weighted by Gasteiger charge is 2.10. The van der Waals surface area contributed by atoms with Crippen molar-refractivity contribution in [1.82, 2.24) is 4.90 Å². The summed E-state index contributed by atoms with van der Waals surface area (Å²) in [6.45, 7) is 0.653. The van der Waals surface area contributed by atoms with E-state index in [4.69, 9.17) is 9.84 Å².